The molecule has 0 unspecified atom stereocenters. The number of nitrogens with one attached hydrogen (secondary N) is 1. The van der Waals surface area contributed by atoms with E-state index in [9.17, 15) is 19.5 Å². The fourth-order valence-electron chi connectivity index (χ4n) is 3.59. The Morgan fingerprint density at radius 3 is 2.61 bits per heavy atom. The number of amides is 1. The SMILES string of the molecule is CO[C@H]1O[C@H](CO)[C@@H](OC(=O)Nc2ccccc2)[C@@H]2OC(=O)CCC=CC[C@H](C)C(=O)O[C@@H]12. The number of rotatable bonds is 4. The van der Waals surface area contributed by atoms with Crippen molar-refractivity contribution in [2.45, 2.75) is 56.9 Å². The van der Waals surface area contributed by atoms with Crippen molar-refractivity contribution in [2.75, 3.05) is 19.0 Å². The molecular weight excluding hydrogens is 434 g/mol. The predicted octanol–water partition coefficient (Wildman–Crippen LogP) is 2.17. The smallest absolute Gasteiger partial charge is 0.412 e. The van der Waals surface area contributed by atoms with Gasteiger partial charge in [-0.05, 0) is 25.0 Å². The Balaban J connectivity index is 1.88. The number of esters is 2. The zero-order valence-corrected chi connectivity index (χ0v) is 18.5. The summed E-state index contributed by atoms with van der Waals surface area (Å²) in [5.74, 6) is -1.59. The zero-order valence-electron chi connectivity index (χ0n) is 18.5. The van der Waals surface area contributed by atoms with E-state index in [0.717, 1.165) is 0 Å². The Hall–Kier alpha value is -2.95. The van der Waals surface area contributed by atoms with Crippen molar-refractivity contribution in [1.29, 1.82) is 0 Å². The molecule has 10 nitrogen and oxygen atoms in total. The lowest BCUT2D eigenvalue weighted by Gasteiger charge is -2.43. The van der Waals surface area contributed by atoms with Gasteiger partial charge in [0.15, 0.2) is 24.6 Å². The van der Waals surface area contributed by atoms with Crippen LogP contribution in [0.1, 0.15) is 26.2 Å². The first-order valence-corrected chi connectivity index (χ1v) is 10.8. The maximum atomic E-state index is 12.7. The largest absolute Gasteiger partial charge is 0.454 e. The first-order chi connectivity index (χ1) is 15.9. The molecule has 2 aliphatic heterocycles. The molecule has 1 aromatic carbocycles. The maximum absolute atomic E-state index is 12.7. The second-order valence-electron chi connectivity index (χ2n) is 7.82. The van der Waals surface area contributed by atoms with Gasteiger partial charge < -0.3 is 28.8 Å². The summed E-state index contributed by atoms with van der Waals surface area (Å²) in [6.45, 7) is 1.15. The summed E-state index contributed by atoms with van der Waals surface area (Å²) in [5, 5.41) is 12.4. The van der Waals surface area contributed by atoms with E-state index in [1.54, 1.807) is 43.3 Å². The van der Waals surface area contributed by atoms with Crippen molar-refractivity contribution in [3.63, 3.8) is 0 Å². The third-order valence-electron chi connectivity index (χ3n) is 5.36. The zero-order chi connectivity index (χ0) is 23.8. The van der Waals surface area contributed by atoms with Gasteiger partial charge in [0.25, 0.3) is 0 Å². The number of carbonyl (C=O) groups is 3. The number of aliphatic hydroxyl groups excluding tert-OH is 1. The third kappa shape index (κ3) is 6.53. The summed E-state index contributed by atoms with van der Waals surface area (Å²) in [7, 11) is 1.33. The van der Waals surface area contributed by atoms with E-state index >= 15 is 0 Å². The molecule has 180 valence electrons. The Labute approximate surface area is 191 Å². The van der Waals surface area contributed by atoms with Crippen molar-refractivity contribution in [1.82, 2.24) is 0 Å². The molecule has 33 heavy (non-hydrogen) atoms. The second-order valence-corrected chi connectivity index (χ2v) is 7.82. The Morgan fingerprint density at radius 2 is 1.91 bits per heavy atom. The summed E-state index contributed by atoms with van der Waals surface area (Å²) in [5.41, 5.74) is 0.480. The fraction of sp³-hybridized carbons (Fsp3) is 0.522. The lowest BCUT2D eigenvalue weighted by atomic mass is 9.97. The maximum Gasteiger partial charge on any atom is 0.412 e. The molecule has 1 amide bonds. The van der Waals surface area contributed by atoms with Crippen molar-refractivity contribution in [3.05, 3.63) is 42.5 Å². The van der Waals surface area contributed by atoms with E-state index in [2.05, 4.69) is 5.32 Å². The van der Waals surface area contributed by atoms with Crippen LogP contribution in [0.5, 0.6) is 0 Å². The highest BCUT2D eigenvalue weighted by atomic mass is 16.7. The standard InChI is InChI=1S/C23H29NO9/c1-14-9-5-3-8-12-17(26)31-19-18(33-23(28)24-15-10-6-4-7-11-15)16(13-25)30-22(29-2)20(19)32-21(14)27/h3-7,10-11,14,16,18-20,22,25H,8-9,12-13H2,1-2H3,(H,24,28)/t14-,16+,18+,19-,20+,22-/m0/s1. The quantitative estimate of drug-likeness (QED) is 0.392. The number of allylic oxidation sites excluding steroid dienone is 2. The van der Waals surface area contributed by atoms with Crippen molar-refractivity contribution in [2.24, 2.45) is 5.92 Å². The van der Waals surface area contributed by atoms with Gasteiger partial charge in [-0.15, -0.1) is 0 Å². The lowest BCUT2D eigenvalue weighted by molar-refractivity contribution is -0.300. The van der Waals surface area contributed by atoms with Crippen LogP contribution in [0, 0.1) is 5.92 Å². The van der Waals surface area contributed by atoms with E-state index < -0.39 is 61.3 Å². The fourth-order valence-corrected chi connectivity index (χ4v) is 3.59. The number of ether oxygens (including phenoxy) is 5. The highest BCUT2D eigenvalue weighted by Gasteiger charge is 2.52. The summed E-state index contributed by atoms with van der Waals surface area (Å²) in [6.07, 6.45) is -2.28. The average Bonchev–Trinajstić information content (AvgIpc) is 2.80. The van der Waals surface area contributed by atoms with Crippen LogP contribution in [0.4, 0.5) is 10.5 Å². The number of carbonyl (C=O) groups excluding carboxylic acids is 3. The molecule has 1 aromatic rings. The van der Waals surface area contributed by atoms with Gasteiger partial charge in [-0.2, -0.15) is 0 Å². The molecule has 1 fully saturated rings. The number of hydrogen-bond acceptors (Lipinski definition) is 9. The van der Waals surface area contributed by atoms with Crippen LogP contribution in [0.15, 0.2) is 42.5 Å². The summed E-state index contributed by atoms with van der Waals surface area (Å²) in [6, 6.07) is 8.59. The summed E-state index contributed by atoms with van der Waals surface area (Å²) < 4.78 is 27.8. The van der Waals surface area contributed by atoms with Gasteiger partial charge in [0.2, 0.25) is 0 Å². The highest BCUT2D eigenvalue weighted by molar-refractivity contribution is 5.84. The molecule has 0 radical (unpaired) electrons. The number of methoxy groups -OCH3 is 1. The van der Waals surface area contributed by atoms with Gasteiger partial charge in [-0.1, -0.05) is 37.3 Å². The molecule has 0 bridgehead atoms. The third-order valence-corrected chi connectivity index (χ3v) is 5.36. The highest BCUT2D eigenvalue weighted by Crippen LogP contribution is 2.30. The lowest BCUT2D eigenvalue weighted by Crippen LogP contribution is -2.63. The van der Waals surface area contributed by atoms with Crippen LogP contribution in [-0.2, 0) is 33.3 Å². The molecular formula is C23H29NO9. The van der Waals surface area contributed by atoms with Crippen LogP contribution in [0.25, 0.3) is 0 Å². The van der Waals surface area contributed by atoms with Crippen LogP contribution in [0.2, 0.25) is 0 Å². The van der Waals surface area contributed by atoms with E-state index in [4.69, 9.17) is 23.7 Å². The van der Waals surface area contributed by atoms with Crippen molar-refractivity contribution in [3.8, 4) is 0 Å². The molecule has 2 heterocycles. The monoisotopic (exact) mass is 463 g/mol. The van der Waals surface area contributed by atoms with Crippen molar-refractivity contribution < 1.29 is 43.2 Å². The first-order valence-electron chi connectivity index (χ1n) is 10.8. The minimum Gasteiger partial charge on any atom is -0.454 e. The minimum atomic E-state index is -1.26. The molecule has 0 spiro atoms. The van der Waals surface area contributed by atoms with Gasteiger partial charge in [0, 0.05) is 19.2 Å². The molecule has 1 saturated heterocycles. The van der Waals surface area contributed by atoms with Gasteiger partial charge in [0.05, 0.1) is 12.5 Å². The number of aliphatic hydroxyl groups is 1. The molecule has 3 rings (SSSR count). The summed E-state index contributed by atoms with van der Waals surface area (Å²) >= 11 is 0. The van der Waals surface area contributed by atoms with Crippen molar-refractivity contribution >= 4 is 23.7 Å². The van der Waals surface area contributed by atoms with Gasteiger partial charge in [-0.25, -0.2) is 4.79 Å². The number of benzene rings is 1. The molecule has 6 atom stereocenters. The molecule has 10 heteroatoms. The van der Waals surface area contributed by atoms with Crippen LogP contribution in [-0.4, -0.2) is 67.6 Å². The molecule has 2 N–H and O–H groups in total. The molecule has 0 saturated carbocycles. The molecule has 2 aliphatic rings. The number of anilines is 1. The van der Waals surface area contributed by atoms with E-state index in [1.165, 1.54) is 7.11 Å². The van der Waals surface area contributed by atoms with Crippen LogP contribution < -0.4 is 5.32 Å². The van der Waals surface area contributed by atoms with Crippen LogP contribution in [0.3, 0.4) is 0 Å². The van der Waals surface area contributed by atoms with E-state index in [0.29, 0.717) is 18.5 Å². The minimum absolute atomic E-state index is 0.0767. The van der Waals surface area contributed by atoms with Gasteiger partial charge in [0.1, 0.15) is 6.10 Å². The first kappa shape index (κ1) is 24.7. The van der Waals surface area contributed by atoms with Crippen LogP contribution >= 0.6 is 0 Å². The second kappa shape index (κ2) is 11.8. The topological polar surface area (TPSA) is 130 Å². The Kier molecular flexibility index (Phi) is 8.81. The predicted molar refractivity (Wildman–Crippen MR) is 115 cm³/mol. The Morgan fingerprint density at radius 1 is 1.15 bits per heavy atom. The van der Waals surface area contributed by atoms with Gasteiger partial charge in [-0.3, -0.25) is 14.9 Å². The van der Waals surface area contributed by atoms with E-state index in [-0.39, 0.29) is 6.42 Å². The Bertz CT molecular complexity index is 844. The number of fused-ring (bicyclic) bond motifs is 1. The van der Waals surface area contributed by atoms with E-state index in [1.807, 2.05) is 6.08 Å². The summed E-state index contributed by atoms with van der Waals surface area (Å²) in [4.78, 5) is 37.8. The normalized spacial score (nSPS) is 30.6. The molecule has 0 aromatic heterocycles. The number of hydrogen-bond donors (Lipinski definition) is 2. The number of para-hydroxylation sites is 1. The van der Waals surface area contributed by atoms with Gasteiger partial charge >= 0.3 is 18.0 Å². The average molecular weight is 463 g/mol. The molecule has 0 aliphatic carbocycles.